The number of aromatic amines is 1. The Hall–Kier alpha value is -1.59. The van der Waals surface area contributed by atoms with E-state index in [0.29, 0.717) is 13.2 Å². The molecular weight excluding hydrogens is 439 g/mol. The molecule has 2 aromatic carbocycles. The molecule has 0 spiro atoms. The molecule has 3 rings (SSSR count). The zero-order chi connectivity index (χ0) is 20.0. The van der Waals surface area contributed by atoms with Crippen LogP contribution in [0, 0.1) is 0 Å². The highest BCUT2D eigenvalue weighted by molar-refractivity contribution is 9.10. The lowest BCUT2D eigenvalue weighted by Gasteiger charge is -2.28. The van der Waals surface area contributed by atoms with E-state index < -0.39 is 13.4 Å². The number of rotatable bonds is 10. The van der Waals surface area contributed by atoms with Crippen LogP contribution in [0.4, 0.5) is 5.69 Å². The summed E-state index contributed by atoms with van der Waals surface area (Å²) in [5.74, 6) is -0.622. The van der Waals surface area contributed by atoms with Gasteiger partial charge in [-0.25, -0.2) is 0 Å². The van der Waals surface area contributed by atoms with Gasteiger partial charge < -0.3 is 19.3 Å². The second kappa shape index (κ2) is 9.75. The summed E-state index contributed by atoms with van der Waals surface area (Å²) >= 11 is 3.45. The van der Waals surface area contributed by atoms with Crippen LogP contribution in [0.1, 0.15) is 38.0 Å². The normalized spacial score (nSPS) is 13.0. The molecule has 7 heteroatoms. The van der Waals surface area contributed by atoms with E-state index in [1.54, 1.807) is 0 Å². The number of benzene rings is 2. The minimum atomic E-state index is -3.48. The third kappa shape index (κ3) is 4.87. The molecule has 1 atom stereocenters. The van der Waals surface area contributed by atoms with E-state index in [1.807, 2.05) is 68.6 Å². The van der Waals surface area contributed by atoms with Crippen molar-refractivity contribution >= 4 is 40.1 Å². The minimum absolute atomic E-state index is 0.377. The highest BCUT2D eigenvalue weighted by Gasteiger charge is 2.38. The number of nitrogens with one attached hydrogen (secondary N) is 2. The lowest BCUT2D eigenvalue weighted by Crippen LogP contribution is -2.15. The predicted molar refractivity (Wildman–Crippen MR) is 119 cm³/mol. The van der Waals surface area contributed by atoms with Gasteiger partial charge in [0.15, 0.2) is 5.78 Å². The van der Waals surface area contributed by atoms with E-state index in [1.165, 1.54) is 0 Å². The lowest BCUT2D eigenvalue weighted by atomic mass is 10.1. The van der Waals surface area contributed by atoms with Gasteiger partial charge in [0, 0.05) is 32.8 Å². The average molecular weight is 465 g/mol. The summed E-state index contributed by atoms with van der Waals surface area (Å²) in [6.07, 6.45) is 3.41. The molecule has 0 saturated carbocycles. The van der Waals surface area contributed by atoms with Crippen molar-refractivity contribution in [3.05, 3.63) is 64.8 Å². The molecule has 0 aliphatic carbocycles. The number of aromatic nitrogens is 1. The fraction of sp³-hybridized carbons (Fsp3) is 0.333. The number of H-pyrrole nitrogens is 1. The average Bonchev–Trinajstić information content (AvgIpc) is 3.14. The molecule has 2 N–H and O–H groups in total. The minimum Gasteiger partial charge on any atom is -0.368 e. The molecule has 0 aliphatic rings. The second-order valence-electron chi connectivity index (χ2n) is 6.55. The first-order valence-corrected chi connectivity index (χ1v) is 11.9. The van der Waals surface area contributed by atoms with Crippen LogP contribution in [0.25, 0.3) is 10.9 Å². The summed E-state index contributed by atoms with van der Waals surface area (Å²) in [5, 5.41) is 4.40. The van der Waals surface area contributed by atoms with Crippen molar-refractivity contribution in [1.29, 1.82) is 0 Å². The van der Waals surface area contributed by atoms with Crippen molar-refractivity contribution < 1.29 is 13.6 Å². The van der Waals surface area contributed by atoms with E-state index in [4.69, 9.17) is 9.05 Å². The van der Waals surface area contributed by atoms with E-state index in [-0.39, 0.29) is 0 Å². The Balaban J connectivity index is 2.06. The molecule has 0 aliphatic heterocycles. The Morgan fingerprint density at radius 2 is 1.68 bits per heavy atom. The first-order chi connectivity index (χ1) is 13.6. The van der Waals surface area contributed by atoms with Gasteiger partial charge in [0.05, 0.1) is 13.2 Å². The fourth-order valence-electron chi connectivity index (χ4n) is 2.97. The van der Waals surface area contributed by atoms with Crippen LogP contribution in [0.2, 0.25) is 0 Å². The molecule has 28 heavy (non-hydrogen) atoms. The van der Waals surface area contributed by atoms with Gasteiger partial charge in [-0.2, -0.15) is 0 Å². The number of fused-ring (bicyclic) bond motifs is 1. The number of hydrogen-bond donors (Lipinski definition) is 2. The number of anilines is 1. The maximum absolute atomic E-state index is 13.9. The highest BCUT2D eigenvalue weighted by atomic mass is 79.9. The third-order valence-corrected chi connectivity index (χ3v) is 6.98. The molecule has 1 aromatic heterocycles. The molecule has 0 amide bonds. The van der Waals surface area contributed by atoms with Gasteiger partial charge in [-0.15, -0.1) is 0 Å². The molecule has 5 nitrogen and oxygen atoms in total. The molecule has 0 unspecified atom stereocenters. The van der Waals surface area contributed by atoms with Gasteiger partial charge in [-0.05, 0) is 43.2 Å². The maximum atomic E-state index is 13.9. The van der Waals surface area contributed by atoms with Crippen LogP contribution in [0.15, 0.2) is 59.2 Å². The van der Waals surface area contributed by atoms with E-state index in [0.717, 1.165) is 39.5 Å². The lowest BCUT2D eigenvalue weighted by molar-refractivity contribution is 0.199. The summed E-state index contributed by atoms with van der Waals surface area (Å²) in [6, 6.07) is 15.7. The van der Waals surface area contributed by atoms with Crippen LogP contribution >= 0.6 is 23.5 Å². The molecular formula is C21H26BrN2O3P. The van der Waals surface area contributed by atoms with Gasteiger partial charge >= 0.3 is 7.60 Å². The van der Waals surface area contributed by atoms with E-state index in [2.05, 4.69) is 26.2 Å². The van der Waals surface area contributed by atoms with Gasteiger partial charge in [-0.1, -0.05) is 48.0 Å². The third-order valence-electron chi connectivity index (χ3n) is 4.33. The predicted octanol–water partition coefficient (Wildman–Crippen LogP) is 7.09. The van der Waals surface area contributed by atoms with Crippen LogP contribution in [-0.4, -0.2) is 18.2 Å². The second-order valence-corrected chi connectivity index (χ2v) is 9.58. The first kappa shape index (κ1) is 21.1. The van der Waals surface area contributed by atoms with Gasteiger partial charge in [-0.3, -0.25) is 4.57 Å². The van der Waals surface area contributed by atoms with Gasteiger partial charge in [0.25, 0.3) is 0 Å². The Bertz CT molecular complexity index is 930. The number of hydrogen-bond acceptors (Lipinski definition) is 4. The highest BCUT2D eigenvalue weighted by Crippen LogP contribution is 2.61. The smallest absolute Gasteiger partial charge is 0.357 e. The van der Waals surface area contributed by atoms with Gasteiger partial charge in [0.1, 0.15) is 0 Å². The van der Waals surface area contributed by atoms with Crippen LogP contribution in [-0.2, 0) is 13.6 Å². The largest absolute Gasteiger partial charge is 0.368 e. The van der Waals surface area contributed by atoms with Crippen LogP contribution in [0.5, 0.6) is 0 Å². The zero-order valence-electron chi connectivity index (χ0n) is 16.2. The first-order valence-electron chi connectivity index (χ1n) is 9.54. The molecule has 0 saturated heterocycles. The summed E-state index contributed by atoms with van der Waals surface area (Å²) in [5.41, 5.74) is 2.70. The SMILES string of the molecule is CCCOP(=O)(OCCC)[C@H](Nc1ccc(Br)cc1)c1c[nH]c2ccccc12. The van der Waals surface area contributed by atoms with Gasteiger partial charge in [0.2, 0.25) is 0 Å². The topological polar surface area (TPSA) is 63.4 Å². The molecule has 150 valence electrons. The molecule has 0 radical (unpaired) electrons. The van der Waals surface area contributed by atoms with Crippen molar-refractivity contribution in [3.63, 3.8) is 0 Å². The fourth-order valence-corrected chi connectivity index (χ4v) is 5.35. The van der Waals surface area contributed by atoms with Crippen LogP contribution in [0.3, 0.4) is 0 Å². The Labute approximate surface area is 174 Å². The monoisotopic (exact) mass is 464 g/mol. The van der Waals surface area contributed by atoms with Crippen molar-refractivity contribution in [3.8, 4) is 0 Å². The molecule has 3 aromatic rings. The standard InChI is InChI=1S/C21H26BrN2O3P/c1-3-13-26-28(25,27-14-4-2)21(24-17-11-9-16(22)10-12-17)19-15-23-20-8-6-5-7-18(19)20/h5-12,15,21,23-24H,3-4,13-14H2,1-2H3/t21-/m0/s1. The molecule has 1 heterocycles. The Morgan fingerprint density at radius 1 is 1.04 bits per heavy atom. The quantitative estimate of drug-likeness (QED) is 0.314. The number of halogens is 1. The summed E-state index contributed by atoms with van der Waals surface area (Å²) in [6.45, 7) is 4.74. The summed E-state index contributed by atoms with van der Waals surface area (Å²) in [4.78, 5) is 3.27. The Kier molecular flexibility index (Phi) is 7.36. The van der Waals surface area contributed by atoms with Crippen molar-refractivity contribution in [1.82, 2.24) is 4.98 Å². The summed E-state index contributed by atoms with van der Waals surface area (Å²) in [7, 11) is -3.48. The van der Waals surface area contributed by atoms with Crippen molar-refractivity contribution in [2.24, 2.45) is 0 Å². The van der Waals surface area contributed by atoms with Crippen LogP contribution < -0.4 is 5.32 Å². The summed E-state index contributed by atoms with van der Waals surface area (Å²) < 4.78 is 26.6. The maximum Gasteiger partial charge on any atom is 0.357 e. The molecule has 0 fully saturated rings. The number of para-hydroxylation sites is 1. The zero-order valence-corrected chi connectivity index (χ0v) is 18.6. The Morgan fingerprint density at radius 3 is 2.32 bits per heavy atom. The van der Waals surface area contributed by atoms with E-state index in [9.17, 15) is 4.57 Å². The molecule has 0 bridgehead atoms. The van der Waals surface area contributed by atoms with E-state index >= 15 is 0 Å². The van der Waals surface area contributed by atoms with Crippen molar-refractivity contribution in [2.45, 2.75) is 32.5 Å². The van der Waals surface area contributed by atoms with Crippen molar-refractivity contribution in [2.75, 3.05) is 18.5 Å².